The van der Waals surface area contributed by atoms with E-state index in [0.29, 0.717) is 31.3 Å². The molecule has 0 amide bonds. The van der Waals surface area contributed by atoms with E-state index in [2.05, 4.69) is 25.3 Å². The van der Waals surface area contributed by atoms with Gasteiger partial charge in [-0.1, -0.05) is 38.1 Å². The minimum atomic E-state index is -0.623. The van der Waals surface area contributed by atoms with Crippen LogP contribution in [0.25, 0.3) is 5.69 Å². The average molecular weight is 468 g/mol. The molecule has 0 radical (unpaired) electrons. The van der Waals surface area contributed by atoms with Gasteiger partial charge < -0.3 is 14.6 Å². The number of aliphatic hydroxyl groups is 1. The Morgan fingerprint density at radius 2 is 1.88 bits per heavy atom. The van der Waals surface area contributed by atoms with Crippen LogP contribution in [0.15, 0.2) is 67.3 Å². The highest BCUT2D eigenvalue weighted by atomic mass is 19.1. The van der Waals surface area contributed by atoms with E-state index < -0.39 is 6.10 Å². The third-order valence-electron chi connectivity index (χ3n) is 5.32. The highest BCUT2D eigenvalue weighted by Gasteiger charge is 2.23. The molecule has 0 aliphatic rings. The van der Waals surface area contributed by atoms with Crippen molar-refractivity contribution in [3.8, 4) is 17.3 Å². The first-order chi connectivity index (χ1) is 16.5. The average Bonchev–Trinajstić information content (AvgIpc) is 3.18. The number of aromatic nitrogens is 2. The van der Waals surface area contributed by atoms with Crippen LogP contribution < -0.4 is 4.74 Å². The summed E-state index contributed by atoms with van der Waals surface area (Å²) in [5.74, 6) is 0.801. The number of benzene rings is 2. The lowest BCUT2D eigenvalue weighted by atomic mass is 10.1. The number of nitrogens with zero attached hydrogens (tertiary/aromatic N) is 3. The number of rotatable bonds is 14. The van der Waals surface area contributed by atoms with E-state index in [1.54, 1.807) is 22.9 Å². The van der Waals surface area contributed by atoms with Gasteiger partial charge in [-0.05, 0) is 55.8 Å². The van der Waals surface area contributed by atoms with Crippen LogP contribution in [0.5, 0.6) is 11.6 Å². The summed E-state index contributed by atoms with van der Waals surface area (Å²) in [6, 6.07) is 15.8. The predicted octanol–water partition coefficient (Wildman–Crippen LogP) is 5.14. The maximum Gasteiger partial charge on any atom is 0.227 e. The molecule has 7 heteroatoms. The van der Waals surface area contributed by atoms with E-state index in [4.69, 9.17) is 14.6 Å². The Morgan fingerprint density at radius 3 is 2.53 bits per heavy atom. The van der Waals surface area contributed by atoms with Crippen molar-refractivity contribution >= 4 is 0 Å². The summed E-state index contributed by atoms with van der Waals surface area (Å²) in [7, 11) is 0. The Hall–Kier alpha value is -3.00. The van der Waals surface area contributed by atoms with Gasteiger partial charge in [-0.15, -0.1) is 6.58 Å². The highest BCUT2D eigenvalue weighted by Crippen LogP contribution is 2.32. The topological polar surface area (TPSA) is 59.8 Å². The van der Waals surface area contributed by atoms with E-state index in [9.17, 15) is 9.50 Å². The van der Waals surface area contributed by atoms with Crippen LogP contribution in [-0.4, -0.2) is 52.2 Å². The minimum absolute atomic E-state index is 0.245. The standard InChI is InChI=1S/C27H34FN3O3/c1-4-16-30(18-23(32)20-33-17-5-2)19-25-26(6-3)29-31(22-10-8-7-9-11-22)27(25)34-24-14-12-21(28)13-15-24/h5,7-15,23,32H,2,4,6,16-20H2,1,3H3. The smallest absolute Gasteiger partial charge is 0.227 e. The van der Waals surface area contributed by atoms with Gasteiger partial charge in [0, 0.05) is 13.1 Å². The van der Waals surface area contributed by atoms with Gasteiger partial charge in [0.25, 0.3) is 0 Å². The second-order valence-corrected chi connectivity index (χ2v) is 8.10. The molecular formula is C27H34FN3O3. The van der Waals surface area contributed by atoms with Crippen molar-refractivity contribution in [3.05, 3.63) is 84.3 Å². The molecule has 0 saturated heterocycles. The third-order valence-corrected chi connectivity index (χ3v) is 5.32. The Kier molecular flexibility index (Phi) is 9.82. The van der Waals surface area contributed by atoms with Crippen LogP contribution in [0.1, 0.15) is 31.5 Å². The first kappa shape index (κ1) is 25.6. The zero-order chi connectivity index (χ0) is 24.3. The van der Waals surface area contributed by atoms with Gasteiger partial charge >= 0.3 is 0 Å². The van der Waals surface area contributed by atoms with Gasteiger partial charge in [-0.2, -0.15) is 5.10 Å². The van der Waals surface area contributed by atoms with Crippen molar-refractivity contribution in [3.63, 3.8) is 0 Å². The van der Waals surface area contributed by atoms with Crippen molar-refractivity contribution in [1.82, 2.24) is 14.7 Å². The molecule has 2 aromatic carbocycles. The van der Waals surface area contributed by atoms with Crippen LogP contribution in [0, 0.1) is 5.82 Å². The fourth-order valence-electron chi connectivity index (χ4n) is 3.80. The molecular weight excluding hydrogens is 433 g/mol. The fraction of sp³-hybridized carbons (Fsp3) is 0.370. The monoisotopic (exact) mass is 467 g/mol. The Morgan fingerprint density at radius 1 is 1.15 bits per heavy atom. The predicted molar refractivity (Wildman–Crippen MR) is 132 cm³/mol. The molecule has 1 unspecified atom stereocenters. The van der Waals surface area contributed by atoms with Crippen LogP contribution in [0.2, 0.25) is 0 Å². The maximum absolute atomic E-state index is 13.5. The summed E-state index contributed by atoms with van der Waals surface area (Å²) in [4.78, 5) is 2.19. The molecule has 6 nitrogen and oxygen atoms in total. The normalized spacial score (nSPS) is 12.1. The molecule has 0 aliphatic carbocycles. The molecule has 1 N–H and O–H groups in total. The van der Waals surface area contributed by atoms with Gasteiger partial charge in [0.2, 0.25) is 5.88 Å². The molecule has 182 valence electrons. The molecule has 1 heterocycles. The van der Waals surface area contributed by atoms with Crippen molar-refractivity contribution in [2.75, 3.05) is 26.3 Å². The molecule has 1 aromatic heterocycles. The van der Waals surface area contributed by atoms with E-state index in [0.717, 1.165) is 36.3 Å². The molecule has 0 fully saturated rings. The Bertz CT molecular complexity index is 1020. The highest BCUT2D eigenvalue weighted by molar-refractivity contribution is 5.43. The summed E-state index contributed by atoms with van der Waals surface area (Å²) >= 11 is 0. The fourth-order valence-corrected chi connectivity index (χ4v) is 3.80. The molecule has 0 aliphatic heterocycles. The van der Waals surface area contributed by atoms with Crippen molar-refractivity contribution in [2.24, 2.45) is 0 Å². The first-order valence-electron chi connectivity index (χ1n) is 11.7. The van der Waals surface area contributed by atoms with Crippen LogP contribution in [-0.2, 0) is 17.7 Å². The molecule has 34 heavy (non-hydrogen) atoms. The molecule has 0 saturated carbocycles. The molecule has 0 bridgehead atoms. The van der Waals surface area contributed by atoms with E-state index in [1.807, 2.05) is 30.3 Å². The lowest BCUT2D eigenvalue weighted by molar-refractivity contribution is 0.0244. The number of aryl methyl sites for hydroxylation is 1. The lowest BCUT2D eigenvalue weighted by Gasteiger charge is -2.25. The second kappa shape index (κ2) is 13.0. The summed E-state index contributed by atoms with van der Waals surface area (Å²) in [6.07, 6.45) is 2.70. The molecule has 3 aromatic rings. The molecule has 0 spiro atoms. The van der Waals surface area contributed by atoms with E-state index >= 15 is 0 Å². The largest absolute Gasteiger partial charge is 0.439 e. The van der Waals surface area contributed by atoms with Crippen molar-refractivity contribution in [2.45, 2.75) is 39.3 Å². The first-order valence-corrected chi connectivity index (χ1v) is 11.7. The van der Waals surface area contributed by atoms with Gasteiger partial charge in [0.15, 0.2) is 0 Å². The molecule has 1 atom stereocenters. The number of hydrogen-bond donors (Lipinski definition) is 1. The van der Waals surface area contributed by atoms with Crippen LogP contribution in [0.3, 0.4) is 0 Å². The SMILES string of the molecule is C=CCOCC(O)CN(CCC)Cc1c(CC)nn(-c2ccccc2)c1Oc1ccc(F)cc1. The van der Waals surface area contributed by atoms with Gasteiger partial charge in [0.1, 0.15) is 11.6 Å². The number of para-hydroxylation sites is 1. The van der Waals surface area contributed by atoms with Crippen molar-refractivity contribution < 1.29 is 19.0 Å². The Balaban J connectivity index is 1.95. The number of hydrogen-bond acceptors (Lipinski definition) is 5. The van der Waals surface area contributed by atoms with Crippen molar-refractivity contribution in [1.29, 1.82) is 0 Å². The number of halogens is 1. The zero-order valence-electron chi connectivity index (χ0n) is 20.0. The Labute approximate surface area is 201 Å². The van der Waals surface area contributed by atoms with Gasteiger partial charge in [-0.25, -0.2) is 9.07 Å². The van der Waals surface area contributed by atoms with Crippen LogP contribution >= 0.6 is 0 Å². The molecule has 3 rings (SSSR count). The van der Waals surface area contributed by atoms with Crippen LogP contribution in [0.4, 0.5) is 4.39 Å². The minimum Gasteiger partial charge on any atom is -0.439 e. The quantitative estimate of drug-likeness (QED) is 0.263. The zero-order valence-corrected chi connectivity index (χ0v) is 20.0. The van der Waals surface area contributed by atoms with E-state index in [-0.39, 0.29) is 12.4 Å². The summed E-state index contributed by atoms with van der Waals surface area (Å²) < 4.78 is 27.0. The second-order valence-electron chi connectivity index (χ2n) is 8.10. The number of ether oxygens (including phenoxy) is 2. The summed E-state index contributed by atoms with van der Waals surface area (Å²) in [5, 5.41) is 15.4. The maximum atomic E-state index is 13.5. The van der Waals surface area contributed by atoms with Gasteiger partial charge in [-0.3, -0.25) is 4.90 Å². The summed E-state index contributed by atoms with van der Waals surface area (Å²) in [5.41, 5.74) is 2.74. The van der Waals surface area contributed by atoms with E-state index in [1.165, 1.54) is 12.1 Å². The number of aliphatic hydroxyl groups excluding tert-OH is 1. The lowest BCUT2D eigenvalue weighted by Crippen LogP contribution is -2.35. The van der Waals surface area contributed by atoms with Gasteiger partial charge in [0.05, 0.1) is 36.3 Å². The summed E-state index contributed by atoms with van der Waals surface area (Å²) in [6.45, 7) is 10.3. The third kappa shape index (κ3) is 7.00.